The summed E-state index contributed by atoms with van der Waals surface area (Å²) in [5.74, 6) is 3.62. The average molecular weight is 596 g/mol. The van der Waals surface area contributed by atoms with Crippen LogP contribution >= 0.6 is 0 Å². The molecule has 8 rings (SSSR count). The van der Waals surface area contributed by atoms with E-state index in [0.29, 0.717) is 53.6 Å². The molecule has 0 bridgehead atoms. The summed E-state index contributed by atoms with van der Waals surface area (Å²) in [6.45, 7) is 13.4. The zero-order valence-corrected chi connectivity index (χ0v) is 26.8. The van der Waals surface area contributed by atoms with Gasteiger partial charge < -0.3 is 19.7 Å². The molecule has 8 nitrogen and oxygen atoms in total. The molecule has 2 N–H and O–H groups in total. The molecule has 12 atom stereocenters. The van der Waals surface area contributed by atoms with E-state index in [-0.39, 0.29) is 52.4 Å². The standard InChI is InChI=1S/C35H53N3O5/c1-20-7-10-35(36-15-20)21(2)31-27(43-35)12-26-24-6-5-22-11-23(8-9-32(22,3)25(24)13-28(39)33(26,31)4)37-29(40)14-30(41)38-16-34(17-38)18-42-19-34/h20-27,31,36H,5-19H2,1-4H3,(H,37,40)/t20-,21+,22+,23+,24-,25+,26+,27+,31+,32+,33-,35-/m1/s1. The Hall–Kier alpha value is -1.51. The molecule has 238 valence electrons. The molecule has 0 radical (unpaired) electrons. The van der Waals surface area contributed by atoms with Gasteiger partial charge in [0.15, 0.2) is 0 Å². The Labute approximate surface area is 257 Å². The van der Waals surface area contributed by atoms with Crippen LogP contribution in [-0.2, 0) is 23.9 Å². The van der Waals surface area contributed by atoms with E-state index in [9.17, 15) is 14.4 Å². The highest BCUT2D eigenvalue weighted by molar-refractivity contribution is 5.97. The third-order valence-corrected chi connectivity index (χ3v) is 14.9. The van der Waals surface area contributed by atoms with Crippen molar-refractivity contribution in [3.63, 3.8) is 0 Å². The van der Waals surface area contributed by atoms with E-state index in [4.69, 9.17) is 9.47 Å². The fourth-order valence-corrected chi connectivity index (χ4v) is 12.3. The highest BCUT2D eigenvalue weighted by atomic mass is 16.5. The number of carbonyl (C=O) groups is 3. The van der Waals surface area contributed by atoms with Crippen LogP contribution in [0, 0.1) is 57.7 Å². The fraction of sp³-hybridized carbons (Fsp3) is 0.914. The zero-order chi connectivity index (χ0) is 29.9. The minimum atomic E-state index is -0.276. The van der Waals surface area contributed by atoms with Crippen LogP contribution in [0.3, 0.4) is 0 Å². The van der Waals surface area contributed by atoms with E-state index >= 15 is 0 Å². The van der Waals surface area contributed by atoms with Gasteiger partial charge in [-0.2, -0.15) is 0 Å². The summed E-state index contributed by atoms with van der Waals surface area (Å²) >= 11 is 0. The summed E-state index contributed by atoms with van der Waals surface area (Å²) in [5.41, 5.74) is -0.206. The van der Waals surface area contributed by atoms with E-state index in [0.717, 1.165) is 65.0 Å². The smallest absolute Gasteiger partial charge is 0.232 e. The van der Waals surface area contributed by atoms with Crippen molar-refractivity contribution in [1.29, 1.82) is 0 Å². The van der Waals surface area contributed by atoms with Gasteiger partial charge in [-0.3, -0.25) is 19.7 Å². The van der Waals surface area contributed by atoms with Crippen LogP contribution in [0.15, 0.2) is 0 Å². The molecule has 0 aromatic carbocycles. The summed E-state index contributed by atoms with van der Waals surface area (Å²) in [4.78, 5) is 41.7. The summed E-state index contributed by atoms with van der Waals surface area (Å²) < 4.78 is 12.3. The molecule has 4 saturated carbocycles. The quantitative estimate of drug-likeness (QED) is 0.481. The molecular weight excluding hydrogens is 542 g/mol. The predicted octanol–water partition coefficient (Wildman–Crippen LogP) is 3.92. The number of nitrogens with one attached hydrogen (secondary N) is 2. The largest absolute Gasteiger partial charge is 0.380 e. The molecule has 4 aliphatic carbocycles. The Morgan fingerprint density at radius 1 is 1.02 bits per heavy atom. The van der Waals surface area contributed by atoms with E-state index in [2.05, 4.69) is 38.3 Å². The maximum atomic E-state index is 14.4. The first-order chi connectivity index (χ1) is 20.5. The third-order valence-electron chi connectivity index (χ3n) is 14.9. The summed E-state index contributed by atoms with van der Waals surface area (Å²) in [7, 11) is 0. The molecule has 8 fully saturated rings. The maximum absolute atomic E-state index is 14.4. The Morgan fingerprint density at radius 2 is 1.81 bits per heavy atom. The lowest BCUT2D eigenvalue weighted by molar-refractivity contribution is -0.195. The number of ketones is 1. The summed E-state index contributed by atoms with van der Waals surface area (Å²) in [6, 6.07) is 0.129. The predicted molar refractivity (Wildman–Crippen MR) is 161 cm³/mol. The van der Waals surface area contributed by atoms with Crippen LogP contribution in [0.2, 0.25) is 0 Å². The van der Waals surface area contributed by atoms with Gasteiger partial charge in [-0.15, -0.1) is 0 Å². The first-order valence-corrected chi connectivity index (χ1v) is 17.6. The average Bonchev–Trinajstić information content (AvgIpc) is 3.36. The van der Waals surface area contributed by atoms with Gasteiger partial charge in [0, 0.05) is 49.3 Å². The first-order valence-electron chi connectivity index (χ1n) is 17.6. The Balaban J connectivity index is 0.913. The van der Waals surface area contributed by atoms with Gasteiger partial charge in [0.2, 0.25) is 11.8 Å². The number of ether oxygens (including phenoxy) is 2. The van der Waals surface area contributed by atoms with Crippen LogP contribution in [0.5, 0.6) is 0 Å². The molecule has 4 aliphatic heterocycles. The van der Waals surface area contributed by atoms with Crippen LogP contribution in [0.4, 0.5) is 0 Å². The number of nitrogens with zero attached hydrogens (tertiary/aromatic N) is 1. The van der Waals surface area contributed by atoms with Gasteiger partial charge in [0.05, 0.1) is 24.7 Å². The zero-order valence-electron chi connectivity index (χ0n) is 26.8. The van der Waals surface area contributed by atoms with Crippen molar-refractivity contribution in [2.45, 2.75) is 110 Å². The topological polar surface area (TPSA) is 97.0 Å². The second-order valence-electron chi connectivity index (χ2n) is 17.1. The molecule has 4 saturated heterocycles. The number of amides is 2. The SMILES string of the molecule is C[C@@H]1CC[C@@]2(NC1)O[C@H]1C[C@H]3[C@@H]4CC[C@H]5C[C@@H](NC(=O)CC(=O)N6CC7(COC7)C6)CC[C@]5(C)[C@H]4CC(=O)[C@]3(C)[C@H]1[C@@H]2C. The highest BCUT2D eigenvalue weighted by Crippen LogP contribution is 2.70. The van der Waals surface area contributed by atoms with Crippen LogP contribution in [-0.4, -0.2) is 73.2 Å². The number of fused-ring (bicyclic) bond motifs is 7. The lowest BCUT2D eigenvalue weighted by atomic mass is 9.44. The second-order valence-corrected chi connectivity index (χ2v) is 17.1. The van der Waals surface area contributed by atoms with Crippen molar-refractivity contribution in [3.05, 3.63) is 0 Å². The molecular formula is C35H53N3O5. The maximum Gasteiger partial charge on any atom is 0.232 e. The number of Topliss-reactive ketones (excluding diaryl/α,β-unsaturated/α-hetero) is 1. The van der Waals surface area contributed by atoms with Crippen molar-refractivity contribution < 1.29 is 23.9 Å². The van der Waals surface area contributed by atoms with Crippen molar-refractivity contribution in [1.82, 2.24) is 15.5 Å². The Bertz CT molecular complexity index is 1190. The first kappa shape index (κ1) is 28.9. The molecule has 43 heavy (non-hydrogen) atoms. The fourth-order valence-electron chi connectivity index (χ4n) is 12.3. The van der Waals surface area contributed by atoms with Crippen LogP contribution in [0.25, 0.3) is 0 Å². The Morgan fingerprint density at radius 3 is 2.51 bits per heavy atom. The van der Waals surface area contributed by atoms with Gasteiger partial charge >= 0.3 is 0 Å². The van der Waals surface area contributed by atoms with E-state index in [1.807, 2.05) is 4.90 Å². The van der Waals surface area contributed by atoms with Gasteiger partial charge in [-0.25, -0.2) is 0 Å². The van der Waals surface area contributed by atoms with Crippen molar-refractivity contribution in [2.75, 3.05) is 32.8 Å². The van der Waals surface area contributed by atoms with E-state index < -0.39 is 0 Å². The third kappa shape index (κ3) is 4.13. The molecule has 2 spiro atoms. The Kier molecular flexibility index (Phi) is 6.56. The molecule has 4 heterocycles. The van der Waals surface area contributed by atoms with E-state index in [1.165, 1.54) is 19.3 Å². The molecule has 0 aromatic rings. The van der Waals surface area contributed by atoms with Crippen molar-refractivity contribution >= 4 is 17.6 Å². The number of rotatable bonds is 3. The molecule has 8 heteroatoms. The van der Waals surface area contributed by atoms with Gasteiger partial charge in [-0.05, 0) is 86.4 Å². The van der Waals surface area contributed by atoms with Crippen molar-refractivity contribution in [2.24, 2.45) is 57.7 Å². The number of carbonyl (C=O) groups excluding carboxylic acids is 3. The summed E-state index contributed by atoms with van der Waals surface area (Å²) in [6.07, 6.45) is 9.47. The van der Waals surface area contributed by atoms with Crippen LogP contribution < -0.4 is 10.6 Å². The highest BCUT2D eigenvalue weighted by Gasteiger charge is 2.71. The minimum Gasteiger partial charge on any atom is -0.380 e. The van der Waals surface area contributed by atoms with E-state index in [1.54, 1.807) is 0 Å². The number of hydrogen-bond acceptors (Lipinski definition) is 6. The lowest BCUT2D eigenvalue weighted by Crippen LogP contribution is -2.67. The molecule has 0 unspecified atom stereocenters. The lowest BCUT2D eigenvalue weighted by Gasteiger charge is -2.60. The number of hydrogen-bond donors (Lipinski definition) is 2. The van der Waals surface area contributed by atoms with Crippen molar-refractivity contribution in [3.8, 4) is 0 Å². The van der Waals surface area contributed by atoms with Gasteiger partial charge in [0.25, 0.3) is 0 Å². The molecule has 2 amide bonds. The monoisotopic (exact) mass is 595 g/mol. The second kappa shape index (κ2) is 9.75. The van der Waals surface area contributed by atoms with Gasteiger partial charge in [0.1, 0.15) is 17.9 Å². The summed E-state index contributed by atoms with van der Waals surface area (Å²) in [5, 5.41) is 7.05. The normalized spacial score (nSPS) is 51.1. The minimum absolute atomic E-state index is 0.0481. The van der Waals surface area contributed by atoms with Crippen LogP contribution in [0.1, 0.15) is 91.9 Å². The molecule has 8 aliphatic rings. The van der Waals surface area contributed by atoms with Gasteiger partial charge in [-0.1, -0.05) is 27.7 Å². The molecule has 0 aromatic heterocycles. The number of piperidine rings is 1. The number of likely N-dealkylation sites (tertiary alicyclic amines) is 1.